The Kier molecular flexibility index (Phi) is 15.0. The first-order valence-electron chi connectivity index (χ1n) is 23.1. The third-order valence-corrected chi connectivity index (χ3v) is 14.2. The molecule has 3 aromatic rings. The molecule has 17 heteroatoms. The zero-order chi connectivity index (χ0) is 45.8. The van der Waals surface area contributed by atoms with Gasteiger partial charge in [-0.15, -0.1) is 15.3 Å². The number of nitrogens with two attached hydrogens (primary N) is 1. The van der Waals surface area contributed by atoms with Crippen molar-refractivity contribution in [2.45, 2.75) is 110 Å². The van der Waals surface area contributed by atoms with Crippen molar-refractivity contribution < 1.29 is 28.5 Å². The number of methoxy groups -OCH3 is 2. The van der Waals surface area contributed by atoms with Gasteiger partial charge in [0.1, 0.15) is 11.2 Å². The van der Waals surface area contributed by atoms with E-state index in [1.807, 2.05) is 59.7 Å². The van der Waals surface area contributed by atoms with Gasteiger partial charge in [0, 0.05) is 76.4 Å². The van der Waals surface area contributed by atoms with E-state index in [1.54, 1.807) is 32.8 Å². The lowest BCUT2D eigenvalue weighted by atomic mass is 9.82. The minimum Gasteiger partial charge on any atom is -0.480 e. The Bertz CT molecular complexity index is 2010. The van der Waals surface area contributed by atoms with Crippen molar-refractivity contribution >= 4 is 40.6 Å². The highest BCUT2D eigenvalue weighted by Gasteiger charge is 2.45. The summed E-state index contributed by atoms with van der Waals surface area (Å²) < 4.78 is 21.3. The molecule has 3 aliphatic heterocycles. The SMILES string of the molecule is CC(C)(C)OC(=O)CC1[C@@H]2CC[C@H]1CN(c1cnnc(Cl)c1)C2.COc1cc(N2C[C@H]3CC[C@@H](C2)C3CC(=O)OC(C)(C)C)cnn1.COc1cc(N2C[C@H]3CC[C@@H](C2)C3N)cnn1. The summed E-state index contributed by atoms with van der Waals surface area (Å²) in [7, 11) is 3.22. The smallest absolute Gasteiger partial charge is 0.306 e. The fraction of sp³-hybridized carbons (Fsp3) is 0.702. The van der Waals surface area contributed by atoms with Crippen LogP contribution in [0, 0.1) is 47.3 Å². The molecule has 6 bridgehead atoms. The minimum absolute atomic E-state index is 0.0647. The minimum atomic E-state index is -0.407. The topological polar surface area (TPSA) is 184 Å². The van der Waals surface area contributed by atoms with Crippen LogP contribution in [0.4, 0.5) is 17.1 Å². The van der Waals surface area contributed by atoms with E-state index in [4.69, 9.17) is 36.3 Å². The number of carbonyl (C=O) groups excluding carboxylic acids is 2. The van der Waals surface area contributed by atoms with Gasteiger partial charge in [-0.3, -0.25) is 9.59 Å². The number of piperidine rings is 3. The van der Waals surface area contributed by atoms with Crippen LogP contribution in [0.2, 0.25) is 5.15 Å². The van der Waals surface area contributed by atoms with Gasteiger partial charge in [-0.2, -0.15) is 15.3 Å². The van der Waals surface area contributed by atoms with Crippen LogP contribution in [0.1, 0.15) is 92.9 Å². The number of esters is 2. The fourth-order valence-electron chi connectivity index (χ4n) is 11.1. The second kappa shape index (κ2) is 20.3. The van der Waals surface area contributed by atoms with Crippen molar-refractivity contribution in [1.29, 1.82) is 0 Å². The Labute approximate surface area is 383 Å². The highest BCUT2D eigenvalue weighted by atomic mass is 35.5. The second-order valence-corrected chi connectivity index (χ2v) is 21.0. The predicted molar refractivity (Wildman–Crippen MR) is 245 cm³/mol. The lowest BCUT2D eigenvalue weighted by Crippen LogP contribution is -2.48. The van der Waals surface area contributed by atoms with Crippen molar-refractivity contribution in [3.8, 4) is 11.8 Å². The quantitative estimate of drug-likeness (QED) is 0.225. The van der Waals surface area contributed by atoms with Crippen LogP contribution < -0.4 is 29.9 Å². The van der Waals surface area contributed by atoms with E-state index in [9.17, 15) is 9.59 Å². The Morgan fingerprint density at radius 1 is 0.578 bits per heavy atom. The molecule has 3 aliphatic carbocycles. The zero-order valence-corrected chi connectivity index (χ0v) is 39.7. The lowest BCUT2D eigenvalue weighted by molar-refractivity contribution is -0.157. The number of halogens is 1. The van der Waals surface area contributed by atoms with Gasteiger partial charge in [0.15, 0.2) is 5.15 Å². The molecular formula is C47H69ClN10O6. The maximum atomic E-state index is 12.2. The van der Waals surface area contributed by atoms with Gasteiger partial charge < -0.3 is 39.4 Å². The number of ether oxygens (including phenoxy) is 4. The Morgan fingerprint density at radius 3 is 1.25 bits per heavy atom. The summed E-state index contributed by atoms with van der Waals surface area (Å²) >= 11 is 5.95. The molecule has 2 N–H and O–H groups in total. The van der Waals surface area contributed by atoms with Gasteiger partial charge in [-0.05, 0) is 127 Å². The van der Waals surface area contributed by atoms with E-state index in [0.717, 1.165) is 56.3 Å². The molecule has 3 saturated carbocycles. The van der Waals surface area contributed by atoms with Crippen LogP contribution in [0.5, 0.6) is 11.8 Å². The molecule has 3 aromatic heterocycles. The second-order valence-electron chi connectivity index (χ2n) is 20.6. The van der Waals surface area contributed by atoms with E-state index in [1.165, 1.54) is 38.5 Å². The van der Waals surface area contributed by atoms with E-state index >= 15 is 0 Å². The Hall–Kier alpha value is -4.57. The average Bonchev–Trinajstić information content (AvgIpc) is 3.67. The summed E-state index contributed by atoms with van der Waals surface area (Å²) in [5, 5.41) is 24.0. The van der Waals surface area contributed by atoms with Gasteiger partial charge in [-0.1, -0.05) is 11.6 Å². The summed E-state index contributed by atoms with van der Waals surface area (Å²) in [6.07, 6.45) is 13.7. The Balaban J connectivity index is 0.000000146. The van der Waals surface area contributed by atoms with Crippen LogP contribution in [0.25, 0.3) is 0 Å². The van der Waals surface area contributed by atoms with E-state index in [2.05, 4.69) is 45.3 Å². The molecule has 0 spiro atoms. The van der Waals surface area contributed by atoms with Gasteiger partial charge in [0.25, 0.3) is 0 Å². The highest BCUT2D eigenvalue weighted by Crippen LogP contribution is 2.46. The van der Waals surface area contributed by atoms with Crippen LogP contribution in [-0.4, -0.2) is 113 Å². The maximum Gasteiger partial charge on any atom is 0.306 e. The number of rotatable bonds is 9. The standard InChI is InChI=1S/C18H27N3O3.C17H24ClN3O2.C12H18N4O/c1-18(2,3)24-17(22)8-15-12-5-6-13(15)11-21(10-12)14-7-16(23-4)20-19-9-14;1-17(2,3)23-16(22)7-14-11-4-5-12(14)10-21(9-11)13-6-15(18)20-19-8-13;1-17-11-4-10(5-14-15-11)16-6-8-2-3-9(7-16)12(8)13/h7,9,12-13,15H,5-6,8,10-11H2,1-4H3;6,8,11-12,14H,4-5,7,9-10H2,1-3H3;4-5,8-9,12H,2-3,6-7,13H2,1H3/t12-,13+,15?;11-,12+,14?;8-,9+,12?. The van der Waals surface area contributed by atoms with Crippen LogP contribution in [-0.2, 0) is 19.1 Å². The average molecular weight is 906 g/mol. The summed E-state index contributed by atoms with van der Waals surface area (Å²) in [6, 6.07) is 6.13. The molecule has 3 unspecified atom stereocenters. The summed E-state index contributed by atoms with van der Waals surface area (Å²) in [5.74, 6) is 5.26. The number of hydrogen-bond donors (Lipinski definition) is 1. The number of fused-ring (bicyclic) bond motifs is 6. The Morgan fingerprint density at radius 2 is 0.906 bits per heavy atom. The van der Waals surface area contributed by atoms with Gasteiger partial charge in [0.2, 0.25) is 11.8 Å². The molecule has 6 fully saturated rings. The third-order valence-electron chi connectivity index (χ3n) is 14.0. The molecule has 0 radical (unpaired) electrons. The molecule has 350 valence electrons. The van der Waals surface area contributed by atoms with Crippen molar-refractivity contribution in [2.24, 2.45) is 53.1 Å². The number of anilines is 3. The van der Waals surface area contributed by atoms with Crippen molar-refractivity contribution in [3.05, 3.63) is 41.9 Å². The lowest BCUT2D eigenvalue weighted by Gasteiger charge is -2.39. The van der Waals surface area contributed by atoms with Crippen molar-refractivity contribution in [1.82, 2.24) is 30.6 Å². The molecule has 9 rings (SSSR count). The van der Waals surface area contributed by atoms with Crippen LogP contribution in [0.3, 0.4) is 0 Å². The van der Waals surface area contributed by atoms with Crippen LogP contribution >= 0.6 is 11.6 Å². The van der Waals surface area contributed by atoms with Gasteiger partial charge >= 0.3 is 11.9 Å². The molecular weight excluding hydrogens is 836 g/mol. The molecule has 9 atom stereocenters. The van der Waals surface area contributed by atoms with Crippen molar-refractivity contribution in [3.63, 3.8) is 0 Å². The molecule has 16 nitrogen and oxygen atoms in total. The molecule has 64 heavy (non-hydrogen) atoms. The van der Waals surface area contributed by atoms with Gasteiger partial charge in [0.05, 0.1) is 49.9 Å². The summed E-state index contributed by atoms with van der Waals surface area (Å²) in [4.78, 5) is 31.4. The number of carbonyl (C=O) groups is 2. The van der Waals surface area contributed by atoms with E-state index in [0.29, 0.717) is 83.1 Å². The third kappa shape index (κ3) is 12.2. The van der Waals surface area contributed by atoms with E-state index in [-0.39, 0.29) is 11.9 Å². The summed E-state index contributed by atoms with van der Waals surface area (Å²) in [5.41, 5.74) is 8.56. The largest absolute Gasteiger partial charge is 0.480 e. The number of nitrogens with zero attached hydrogens (tertiary/aromatic N) is 9. The predicted octanol–water partition coefficient (Wildman–Crippen LogP) is 6.66. The summed E-state index contributed by atoms with van der Waals surface area (Å²) in [6.45, 7) is 17.4. The first kappa shape index (κ1) is 47.4. The number of hydrogen-bond acceptors (Lipinski definition) is 16. The first-order valence-corrected chi connectivity index (χ1v) is 23.5. The van der Waals surface area contributed by atoms with Crippen molar-refractivity contribution in [2.75, 3.05) is 68.2 Å². The molecule has 3 saturated heterocycles. The molecule has 0 amide bonds. The molecule has 6 aliphatic rings. The fourth-order valence-corrected chi connectivity index (χ4v) is 11.3. The van der Waals surface area contributed by atoms with Gasteiger partial charge in [-0.25, -0.2) is 0 Å². The van der Waals surface area contributed by atoms with Crippen LogP contribution in [0.15, 0.2) is 36.8 Å². The highest BCUT2D eigenvalue weighted by molar-refractivity contribution is 6.29. The maximum absolute atomic E-state index is 12.2. The molecule has 6 heterocycles. The zero-order valence-electron chi connectivity index (χ0n) is 39.0. The molecule has 0 aromatic carbocycles. The first-order chi connectivity index (χ1) is 30.4. The monoisotopic (exact) mass is 905 g/mol. The number of aromatic nitrogens is 6. The van der Waals surface area contributed by atoms with E-state index < -0.39 is 11.2 Å². The normalized spacial score (nSPS) is 28.0.